The molecule has 0 bridgehead atoms. The van der Waals surface area contributed by atoms with E-state index in [1.165, 1.54) is 29.0 Å². The highest BCUT2D eigenvalue weighted by molar-refractivity contribution is 7.20. The lowest BCUT2D eigenvalue weighted by Crippen LogP contribution is -2.10. The zero-order chi connectivity index (χ0) is 15.0. The van der Waals surface area contributed by atoms with E-state index in [4.69, 9.17) is 4.98 Å². The Kier molecular flexibility index (Phi) is 3.43. The fourth-order valence-corrected chi connectivity index (χ4v) is 4.57. The number of hydrogen-bond donors (Lipinski definition) is 0. The molecule has 0 atom stereocenters. The second kappa shape index (κ2) is 5.45. The lowest BCUT2D eigenvalue weighted by molar-refractivity contribution is 0.668. The molecule has 1 fully saturated rings. The Morgan fingerprint density at radius 1 is 1.14 bits per heavy atom. The lowest BCUT2D eigenvalue weighted by atomic mass is 9.94. The minimum Gasteiger partial charge on any atom is -0.265 e. The molecule has 4 heteroatoms. The highest BCUT2D eigenvalue weighted by Gasteiger charge is 2.46. The molecule has 2 aromatic heterocycles. The summed E-state index contributed by atoms with van der Waals surface area (Å²) in [6, 6.07) is 12.6. The SMILES string of the molecule is C=Nc1ccc(CC2(c3csc(-c4cccs4)n3)CC2)cc1. The third kappa shape index (κ3) is 2.53. The minimum absolute atomic E-state index is 0.259. The Morgan fingerprint density at radius 2 is 1.95 bits per heavy atom. The Bertz CT molecular complexity index is 781. The van der Waals surface area contributed by atoms with Gasteiger partial charge in [-0.3, -0.25) is 4.99 Å². The maximum absolute atomic E-state index is 4.92. The smallest absolute Gasteiger partial charge is 0.133 e. The monoisotopic (exact) mass is 324 g/mol. The Balaban J connectivity index is 1.57. The quantitative estimate of drug-likeness (QED) is 0.571. The van der Waals surface area contributed by atoms with Gasteiger partial charge in [0.25, 0.3) is 0 Å². The van der Waals surface area contributed by atoms with E-state index in [0.29, 0.717) is 0 Å². The fourth-order valence-electron chi connectivity index (χ4n) is 2.82. The molecular formula is C18H16N2S2. The van der Waals surface area contributed by atoms with Crippen LogP contribution in [0.1, 0.15) is 24.1 Å². The van der Waals surface area contributed by atoms with Gasteiger partial charge in [-0.2, -0.15) is 0 Å². The third-order valence-corrected chi connectivity index (χ3v) is 6.18. The van der Waals surface area contributed by atoms with Gasteiger partial charge in [0.15, 0.2) is 0 Å². The molecule has 0 radical (unpaired) electrons. The number of nitrogens with zero attached hydrogens (tertiary/aromatic N) is 2. The van der Waals surface area contributed by atoms with Gasteiger partial charge in [0.2, 0.25) is 0 Å². The average molecular weight is 324 g/mol. The van der Waals surface area contributed by atoms with Crippen molar-refractivity contribution in [3.63, 3.8) is 0 Å². The Hall–Kier alpha value is -1.78. The van der Waals surface area contributed by atoms with E-state index >= 15 is 0 Å². The van der Waals surface area contributed by atoms with E-state index in [9.17, 15) is 0 Å². The van der Waals surface area contributed by atoms with Crippen molar-refractivity contribution in [3.05, 3.63) is 58.4 Å². The molecule has 110 valence electrons. The van der Waals surface area contributed by atoms with Crippen LogP contribution in [0.25, 0.3) is 9.88 Å². The predicted molar refractivity (Wildman–Crippen MR) is 95.7 cm³/mol. The summed E-state index contributed by atoms with van der Waals surface area (Å²) in [5.74, 6) is 0. The van der Waals surface area contributed by atoms with Crippen LogP contribution in [0.15, 0.2) is 52.2 Å². The number of thiazole rings is 1. The van der Waals surface area contributed by atoms with Crippen LogP contribution in [0.4, 0.5) is 5.69 Å². The summed E-state index contributed by atoms with van der Waals surface area (Å²) < 4.78 is 0. The topological polar surface area (TPSA) is 25.2 Å². The molecule has 1 aromatic carbocycles. The molecule has 2 nitrogen and oxygen atoms in total. The molecule has 0 unspecified atom stereocenters. The average Bonchev–Trinajstić information content (AvgIpc) is 3.00. The van der Waals surface area contributed by atoms with Gasteiger partial charge in [0, 0.05) is 10.8 Å². The van der Waals surface area contributed by atoms with Gasteiger partial charge in [-0.15, -0.1) is 22.7 Å². The van der Waals surface area contributed by atoms with Gasteiger partial charge in [-0.1, -0.05) is 18.2 Å². The second-order valence-electron chi connectivity index (χ2n) is 5.80. The number of rotatable bonds is 5. The summed E-state index contributed by atoms with van der Waals surface area (Å²) in [7, 11) is 0. The molecule has 1 aliphatic carbocycles. The molecule has 4 rings (SSSR count). The minimum atomic E-state index is 0.259. The zero-order valence-corrected chi connectivity index (χ0v) is 13.8. The molecule has 1 aliphatic rings. The number of thiophene rings is 1. The molecular weight excluding hydrogens is 308 g/mol. The van der Waals surface area contributed by atoms with Crippen molar-refractivity contribution < 1.29 is 0 Å². The highest BCUT2D eigenvalue weighted by Crippen LogP contribution is 2.51. The van der Waals surface area contributed by atoms with E-state index in [-0.39, 0.29) is 5.41 Å². The van der Waals surface area contributed by atoms with E-state index in [1.807, 2.05) is 12.1 Å². The first-order valence-electron chi connectivity index (χ1n) is 7.35. The van der Waals surface area contributed by atoms with Crippen LogP contribution >= 0.6 is 22.7 Å². The standard InChI is InChI=1S/C18H16N2S2/c1-19-14-6-4-13(5-7-14)11-18(8-9-18)16-12-22-17(20-16)15-3-2-10-21-15/h2-7,10,12H,1,8-9,11H2. The van der Waals surface area contributed by atoms with Gasteiger partial charge in [0.05, 0.1) is 16.3 Å². The molecule has 0 N–H and O–H groups in total. The summed E-state index contributed by atoms with van der Waals surface area (Å²) >= 11 is 3.53. The van der Waals surface area contributed by atoms with Gasteiger partial charge in [-0.05, 0) is 55.1 Å². The maximum atomic E-state index is 4.92. The van der Waals surface area contributed by atoms with Crippen molar-refractivity contribution in [3.8, 4) is 9.88 Å². The largest absolute Gasteiger partial charge is 0.265 e. The van der Waals surface area contributed by atoms with E-state index in [0.717, 1.165) is 17.1 Å². The van der Waals surface area contributed by atoms with Crippen molar-refractivity contribution >= 4 is 35.1 Å². The number of benzene rings is 1. The number of aliphatic imine (C=N–C) groups is 1. The van der Waals surface area contributed by atoms with Crippen molar-refractivity contribution in [1.82, 2.24) is 4.98 Å². The molecule has 3 aromatic rings. The second-order valence-corrected chi connectivity index (χ2v) is 7.60. The van der Waals surface area contributed by atoms with Gasteiger partial charge >= 0.3 is 0 Å². The lowest BCUT2D eigenvalue weighted by Gasteiger charge is -2.12. The summed E-state index contributed by atoms with van der Waals surface area (Å²) in [5, 5.41) is 5.52. The maximum Gasteiger partial charge on any atom is 0.133 e. The molecule has 22 heavy (non-hydrogen) atoms. The normalized spacial score (nSPS) is 15.6. The van der Waals surface area contributed by atoms with Crippen LogP contribution < -0.4 is 0 Å². The first-order chi connectivity index (χ1) is 10.8. The number of hydrogen-bond acceptors (Lipinski definition) is 4. The fraction of sp³-hybridized carbons (Fsp3) is 0.222. The summed E-state index contributed by atoms with van der Waals surface area (Å²) in [4.78, 5) is 10.1. The van der Waals surface area contributed by atoms with Crippen LogP contribution in [0.5, 0.6) is 0 Å². The first-order valence-corrected chi connectivity index (χ1v) is 9.11. The Morgan fingerprint density at radius 3 is 2.59 bits per heavy atom. The molecule has 0 saturated heterocycles. The van der Waals surface area contributed by atoms with Crippen molar-refractivity contribution in [2.75, 3.05) is 0 Å². The predicted octanol–water partition coefficient (Wildman–Crippen LogP) is 5.48. The van der Waals surface area contributed by atoms with E-state index in [1.54, 1.807) is 22.7 Å². The van der Waals surface area contributed by atoms with E-state index in [2.05, 4.69) is 46.7 Å². The summed E-state index contributed by atoms with van der Waals surface area (Å²) in [5.41, 5.74) is 3.82. The number of aromatic nitrogens is 1. The van der Waals surface area contributed by atoms with Crippen molar-refractivity contribution in [1.29, 1.82) is 0 Å². The Labute approximate surface area is 138 Å². The first kappa shape index (κ1) is 13.9. The van der Waals surface area contributed by atoms with Crippen molar-refractivity contribution in [2.24, 2.45) is 4.99 Å². The van der Waals surface area contributed by atoms with Crippen LogP contribution in [0.3, 0.4) is 0 Å². The molecule has 1 saturated carbocycles. The molecule has 0 spiro atoms. The van der Waals surface area contributed by atoms with Crippen LogP contribution in [0, 0.1) is 0 Å². The zero-order valence-electron chi connectivity index (χ0n) is 12.2. The summed E-state index contributed by atoms with van der Waals surface area (Å²) in [6.45, 7) is 3.56. The van der Waals surface area contributed by atoms with Gasteiger partial charge in [0.1, 0.15) is 5.01 Å². The molecule has 0 amide bonds. The van der Waals surface area contributed by atoms with E-state index < -0.39 is 0 Å². The van der Waals surface area contributed by atoms with Crippen LogP contribution in [-0.4, -0.2) is 11.7 Å². The van der Waals surface area contributed by atoms with Crippen LogP contribution in [-0.2, 0) is 11.8 Å². The highest BCUT2D eigenvalue weighted by atomic mass is 32.1. The summed E-state index contributed by atoms with van der Waals surface area (Å²) in [6.07, 6.45) is 3.54. The molecule has 2 heterocycles. The van der Waals surface area contributed by atoms with Gasteiger partial charge < -0.3 is 0 Å². The van der Waals surface area contributed by atoms with Crippen molar-refractivity contribution in [2.45, 2.75) is 24.7 Å². The molecule has 0 aliphatic heterocycles. The van der Waals surface area contributed by atoms with Gasteiger partial charge in [-0.25, -0.2) is 4.98 Å². The van der Waals surface area contributed by atoms with Crippen LogP contribution in [0.2, 0.25) is 0 Å². The third-order valence-electron chi connectivity index (χ3n) is 4.29.